The lowest BCUT2D eigenvalue weighted by Gasteiger charge is -2.27. The molecule has 0 bridgehead atoms. The largest absolute Gasteiger partial charge is 0.390 e. The highest BCUT2D eigenvalue weighted by Gasteiger charge is 2.26. The van der Waals surface area contributed by atoms with Crippen molar-refractivity contribution in [2.75, 3.05) is 19.6 Å². The third-order valence-corrected chi connectivity index (χ3v) is 6.64. The normalized spacial score (nSPS) is 13.5. The molecule has 0 aliphatic rings. The van der Waals surface area contributed by atoms with Gasteiger partial charge in [0.2, 0.25) is 5.91 Å². The number of aliphatic hydroxyl groups excluding tert-OH is 1. The molecule has 0 aliphatic heterocycles. The molecule has 0 unspecified atom stereocenters. The number of carbonyl (C=O) groups excluding carboxylic acids is 3. The molecule has 3 atom stereocenters. The predicted molar refractivity (Wildman–Crippen MR) is 155 cm³/mol. The van der Waals surface area contributed by atoms with Gasteiger partial charge in [0, 0.05) is 36.8 Å². The van der Waals surface area contributed by atoms with Gasteiger partial charge in [0.1, 0.15) is 11.6 Å². The summed E-state index contributed by atoms with van der Waals surface area (Å²) in [6, 6.07) is 6.18. The number of rotatable bonds is 16. The number of aryl methyl sites for hydroxylation is 1. The molecule has 226 valence electrons. The van der Waals surface area contributed by atoms with Crippen molar-refractivity contribution in [3.63, 3.8) is 0 Å². The van der Waals surface area contributed by atoms with Crippen LogP contribution in [0.25, 0.3) is 0 Å². The van der Waals surface area contributed by atoms with Crippen LogP contribution in [-0.4, -0.2) is 65.5 Å². The Balaban J connectivity index is 2.33. The van der Waals surface area contributed by atoms with E-state index in [0.717, 1.165) is 31.0 Å². The Hall–Kier alpha value is -3.37. The minimum atomic E-state index is -1.24. The highest BCUT2D eigenvalue weighted by Crippen LogP contribution is 2.16. The van der Waals surface area contributed by atoms with Crippen LogP contribution >= 0.6 is 0 Å². The van der Waals surface area contributed by atoms with Crippen molar-refractivity contribution in [1.29, 1.82) is 0 Å². The summed E-state index contributed by atoms with van der Waals surface area (Å²) in [5, 5.41) is 16.8. The zero-order valence-corrected chi connectivity index (χ0v) is 24.7. The second kappa shape index (κ2) is 16.2. The minimum absolute atomic E-state index is 0.0902. The first-order valence-electron chi connectivity index (χ1n) is 14.2. The summed E-state index contributed by atoms with van der Waals surface area (Å²) >= 11 is 0. The topological polar surface area (TPSA) is 125 Å². The van der Waals surface area contributed by atoms with Gasteiger partial charge in [-0.3, -0.25) is 14.4 Å². The van der Waals surface area contributed by atoms with Crippen molar-refractivity contribution in [3.05, 3.63) is 70.3 Å². The molecule has 0 radical (unpaired) electrons. The van der Waals surface area contributed by atoms with Crippen molar-refractivity contribution in [2.45, 2.75) is 78.5 Å². The molecule has 3 amide bonds. The zero-order chi connectivity index (χ0) is 30.7. The lowest BCUT2D eigenvalue weighted by atomic mass is 9.98. The van der Waals surface area contributed by atoms with Crippen LogP contribution in [0.4, 0.5) is 8.78 Å². The first-order valence-corrected chi connectivity index (χ1v) is 14.2. The van der Waals surface area contributed by atoms with E-state index >= 15 is 0 Å². The fourth-order valence-electron chi connectivity index (χ4n) is 4.77. The number of carbonyl (C=O) groups is 3. The molecule has 0 heterocycles. The van der Waals surface area contributed by atoms with Gasteiger partial charge in [-0.25, -0.2) is 8.78 Å². The third kappa shape index (κ3) is 10.8. The van der Waals surface area contributed by atoms with Crippen LogP contribution in [0.1, 0.15) is 78.8 Å². The van der Waals surface area contributed by atoms with Crippen molar-refractivity contribution in [2.24, 2.45) is 11.7 Å². The molecule has 0 aliphatic carbocycles. The predicted octanol–water partition coefficient (Wildman–Crippen LogP) is 3.73. The Kier molecular flexibility index (Phi) is 13.3. The molecule has 10 heteroatoms. The van der Waals surface area contributed by atoms with Gasteiger partial charge < -0.3 is 26.4 Å². The smallest absolute Gasteiger partial charge is 0.253 e. The molecule has 8 nitrogen and oxygen atoms in total. The van der Waals surface area contributed by atoms with Crippen molar-refractivity contribution >= 4 is 17.7 Å². The molecule has 0 aromatic heterocycles. The molecule has 2 aromatic carbocycles. The van der Waals surface area contributed by atoms with Gasteiger partial charge in [0.25, 0.3) is 11.8 Å². The second-order valence-electron chi connectivity index (χ2n) is 11.0. The summed E-state index contributed by atoms with van der Waals surface area (Å²) in [5.41, 5.74) is 7.03. The van der Waals surface area contributed by atoms with Gasteiger partial charge in [-0.2, -0.15) is 0 Å². The molecular weight excluding hydrogens is 530 g/mol. The highest BCUT2D eigenvalue weighted by molar-refractivity contribution is 6.00. The number of nitrogens with two attached hydrogens (primary N) is 1. The van der Waals surface area contributed by atoms with Crippen molar-refractivity contribution < 1.29 is 28.3 Å². The molecule has 2 rings (SSSR count). The summed E-state index contributed by atoms with van der Waals surface area (Å²) in [4.78, 5) is 40.3. The Bertz CT molecular complexity index is 1160. The van der Waals surface area contributed by atoms with Gasteiger partial charge in [-0.05, 0) is 80.0 Å². The quantitative estimate of drug-likeness (QED) is 0.243. The maximum Gasteiger partial charge on any atom is 0.253 e. The van der Waals surface area contributed by atoms with Gasteiger partial charge in [0.15, 0.2) is 0 Å². The number of nitrogens with zero attached hydrogens (tertiary/aromatic N) is 1. The van der Waals surface area contributed by atoms with E-state index in [9.17, 15) is 28.3 Å². The first kappa shape index (κ1) is 33.8. The minimum Gasteiger partial charge on any atom is -0.390 e. The molecule has 41 heavy (non-hydrogen) atoms. The molecule has 5 N–H and O–H groups in total. The van der Waals surface area contributed by atoms with E-state index in [1.165, 1.54) is 6.07 Å². The van der Waals surface area contributed by atoms with Gasteiger partial charge in [0.05, 0.1) is 18.2 Å². The number of aliphatic hydroxyl groups is 1. The van der Waals surface area contributed by atoms with E-state index in [1.54, 1.807) is 24.0 Å². The summed E-state index contributed by atoms with van der Waals surface area (Å²) in [5.74, 6) is -2.72. The average molecular weight is 575 g/mol. The van der Waals surface area contributed by atoms with Crippen LogP contribution in [0.3, 0.4) is 0 Å². The number of amides is 3. The lowest BCUT2D eigenvalue weighted by Crippen LogP contribution is -2.52. The van der Waals surface area contributed by atoms with Crippen LogP contribution in [0.2, 0.25) is 0 Å². The molecule has 0 spiro atoms. The van der Waals surface area contributed by atoms with Gasteiger partial charge >= 0.3 is 0 Å². The Morgan fingerprint density at radius 1 is 0.951 bits per heavy atom. The molecular formula is C31H44F2N4O4. The number of hydrogen-bond donors (Lipinski definition) is 4. The van der Waals surface area contributed by atoms with E-state index < -0.39 is 41.6 Å². The van der Waals surface area contributed by atoms with Gasteiger partial charge in [-0.1, -0.05) is 27.7 Å². The number of hydrogen-bond acceptors (Lipinski definition) is 5. The Morgan fingerprint density at radius 2 is 1.54 bits per heavy atom. The average Bonchev–Trinajstić information content (AvgIpc) is 2.88. The SMILES string of the molecule is CCCN(CCC)C(=O)c1cc(C)cc(C(=O)N[C@@H](Cc2cc(F)cc(F)c2)[C@H](O)CN[C@@H](CC(C)C)C(N)=O)c1. The number of primary amides is 1. The number of benzene rings is 2. The van der Waals surface area contributed by atoms with Gasteiger partial charge in [-0.15, -0.1) is 0 Å². The maximum absolute atomic E-state index is 13.9. The standard InChI is InChI=1S/C31H44F2N4O4/c1-6-8-37(9-7-2)31(41)23-12-20(5)11-22(16-23)30(40)36-26(15-21-13-24(32)17-25(33)14-21)28(38)18-35-27(29(34)39)10-19(3)4/h11-14,16-17,19,26-28,35,38H,6-10,15,18H2,1-5H3,(H2,34,39)(H,36,40)/t26-,27-,28+/m0/s1. The lowest BCUT2D eigenvalue weighted by molar-refractivity contribution is -0.120. The molecule has 0 saturated carbocycles. The molecule has 0 fully saturated rings. The van der Waals surface area contributed by atoms with Crippen LogP contribution in [-0.2, 0) is 11.2 Å². The van der Waals surface area contributed by atoms with E-state index in [0.29, 0.717) is 30.6 Å². The summed E-state index contributed by atoms with van der Waals surface area (Å²) in [6.45, 7) is 10.7. The number of halogens is 2. The Morgan fingerprint density at radius 3 is 2.07 bits per heavy atom. The zero-order valence-electron chi connectivity index (χ0n) is 24.7. The third-order valence-electron chi connectivity index (χ3n) is 6.64. The summed E-state index contributed by atoms with van der Waals surface area (Å²) in [7, 11) is 0. The monoisotopic (exact) mass is 574 g/mol. The molecule has 2 aromatic rings. The molecule has 0 saturated heterocycles. The van der Waals surface area contributed by atoms with Crippen LogP contribution in [0, 0.1) is 24.5 Å². The van der Waals surface area contributed by atoms with E-state index in [4.69, 9.17) is 5.73 Å². The fraction of sp³-hybridized carbons (Fsp3) is 0.516. The van der Waals surface area contributed by atoms with Crippen LogP contribution in [0.5, 0.6) is 0 Å². The second-order valence-corrected chi connectivity index (χ2v) is 11.0. The first-order chi connectivity index (χ1) is 19.3. The Labute approximate surface area is 241 Å². The van der Waals surface area contributed by atoms with E-state index in [-0.39, 0.29) is 35.9 Å². The van der Waals surface area contributed by atoms with E-state index in [2.05, 4.69) is 10.6 Å². The summed E-state index contributed by atoms with van der Waals surface area (Å²) < 4.78 is 27.8. The van der Waals surface area contributed by atoms with Crippen molar-refractivity contribution in [1.82, 2.24) is 15.5 Å². The van der Waals surface area contributed by atoms with Crippen LogP contribution < -0.4 is 16.4 Å². The maximum atomic E-state index is 13.9. The van der Waals surface area contributed by atoms with Crippen molar-refractivity contribution in [3.8, 4) is 0 Å². The summed E-state index contributed by atoms with van der Waals surface area (Å²) in [6.07, 6.45) is 0.712. The number of nitrogens with one attached hydrogen (secondary N) is 2. The highest BCUT2D eigenvalue weighted by atomic mass is 19.1. The fourth-order valence-corrected chi connectivity index (χ4v) is 4.77. The van der Waals surface area contributed by atoms with E-state index in [1.807, 2.05) is 27.7 Å². The van der Waals surface area contributed by atoms with Crippen LogP contribution in [0.15, 0.2) is 36.4 Å².